The van der Waals surface area contributed by atoms with E-state index in [4.69, 9.17) is 12.2 Å². The molecule has 0 spiro atoms. The minimum absolute atomic E-state index is 0.132. The molecule has 5 heteroatoms. The number of nitrogens with one attached hydrogen (secondary N) is 3. The second-order valence-electron chi connectivity index (χ2n) is 4.56. The van der Waals surface area contributed by atoms with Gasteiger partial charge in [-0.3, -0.25) is 15.6 Å². The zero-order valence-corrected chi connectivity index (χ0v) is 9.69. The summed E-state index contributed by atoms with van der Waals surface area (Å²) in [5.41, 5.74) is 5.16. The van der Waals surface area contributed by atoms with E-state index in [0.29, 0.717) is 11.2 Å². The lowest BCUT2D eigenvalue weighted by molar-refractivity contribution is -0.119. The van der Waals surface area contributed by atoms with E-state index in [-0.39, 0.29) is 5.91 Å². The lowest BCUT2D eigenvalue weighted by Gasteiger charge is -2.24. The second kappa shape index (κ2) is 4.35. The summed E-state index contributed by atoms with van der Waals surface area (Å²) in [6.45, 7) is 1.45. The largest absolute Gasteiger partial charge is 0.358 e. The van der Waals surface area contributed by atoms with E-state index in [9.17, 15) is 4.79 Å². The Hall–Kier alpha value is -0.840. The summed E-state index contributed by atoms with van der Waals surface area (Å²) in [5.74, 6) is 1.55. The van der Waals surface area contributed by atoms with E-state index in [1.54, 1.807) is 0 Å². The molecule has 15 heavy (non-hydrogen) atoms. The number of carbonyl (C=O) groups is 1. The third-order valence-electron chi connectivity index (χ3n) is 3.41. The van der Waals surface area contributed by atoms with Crippen molar-refractivity contribution < 1.29 is 4.79 Å². The molecule has 0 radical (unpaired) electrons. The van der Waals surface area contributed by atoms with Crippen LogP contribution in [0, 0.1) is 11.8 Å². The van der Waals surface area contributed by atoms with Gasteiger partial charge >= 0.3 is 0 Å². The van der Waals surface area contributed by atoms with E-state index in [0.717, 1.165) is 11.8 Å². The first-order valence-corrected chi connectivity index (χ1v) is 5.89. The molecule has 2 rings (SSSR count). The minimum Gasteiger partial charge on any atom is -0.358 e. The van der Waals surface area contributed by atoms with Crippen molar-refractivity contribution in [3.05, 3.63) is 0 Å². The first-order chi connectivity index (χ1) is 7.15. The van der Waals surface area contributed by atoms with Gasteiger partial charge < -0.3 is 5.32 Å². The number of carbonyl (C=O) groups excluding carboxylic acids is 1. The molecule has 0 aromatic carbocycles. The molecule has 1 amide bonds. The number of fused-ring (bicyclic) bond motifs is 2. The molecule has 2 aliphatic carbocycles. The first-order valence-electron chi connectivity index (χ1n) is 5.48. The van der Waals surface area contributed by atoms with Gasteiger partial charge in [0.25, 0.3) is 0 Å². The van der Waals surface area contributed by atoms with Crippen molar-refractivity contribution in [3.8, 4) is 0 Å². The fourth-order valence-electron chi connectivity index (χ4n) is 2.77. The lowest BCUT2D eigenvalue weighted by atomic mass is 9.96. The van der Waals surface area contributed by atoms with Gasteiger partial charge in [-0.1, -0.05) is 6.42 Å². The maximum absolute atomic E-state index is 10.7. The van der Waals surface area contributed by atoms with Crippen LogP contribution in [0.1, 0.15) is 32.6 Å². The molecule has 0 aromatic heterocycles. The van der Waals surface area contributed by atoms with Crippen LogP contribution in [-0.4, -0.2) is 17.1 Å². The van der Waals surface area contributed by atoms with Crippen LogP contribution >= 0.6 is 12.2 Å². The van der Waals surface area contributed by atoms with Crippen molar-refractivity contribution in [3.63, 3.8) is 0 Å². The number of thiocarbonyl (C=S) groups is 1. The molecule has 3 N–H and O–H groups in total. The monoisotopic (exact) mass is 227 g/mol. The van der Waals surface area contributed by atoms with Crippen LogP contribution < -0.4 is 16.2 Å². The molecule has 0 heterocycles. The van der Waals surface area contributed by atoms with Crippen molar-refractivity contribution in [2.24, 2.45) is 11.8 Å². The molecular weight excluding hydrogens is 210 g/mol. The highest BCUT2D eigenvalue weighted by atomic mass is 32.1. The fraction of sp³-hybridized carbons (Fsp3) is 0.800. The summed E-state index contributed by atoms with van der Waals surface area (Å²) in [6, 6.07) is 0.512. The van der Waals surface area contributed by atoms with Crippen LogP contribution in [0.2, 0.25) is 0 Å². The predicted molar refractivity (Wildman–Crippen MR) is 61.9 cm³/mol. The number of hydrogen-bond acceptors (Lipinski definition) is 2. The third kappa shape index (κ3) is 2.59. The van der Waals surface area contributed by atoms with Gasteiger partial charge in [-0.05, 0) is 43.3 Å². The van der Waals surface area contributed by atoms with Gasteiger partial charge in [0.1, 0.15) is 0 Å². The van der Waals surface area contributed by atoms with Crippen LogP contribution in [-0.2, 0) is 4.79 Å². The summed E-state index contributed by atoms with van der Waals surface area (Å²) < 4.78 is 0. The summed E-state index contributed by atoms with van der Waals surface area (Å²) >= 11 is 5.09. The van der Waals surface area contributed by atoms with Gasteiger partial charge in [0.15, 0.2) is 5.11 Å². The summed E-state index contributed by atoms with van der Waals surface area (Å²) in [6.07, 6.45) is 5.28. The van der Waals surface area contributed by atoms with Crippen LogP contribution in [0.4, 0.5) is 0 Å². The molecule has 0 saturated heterocycles. The molecule has 2 fully saturated rings. The zero-order valence-electron chi connectivity index (χ0n) is 8.88. The Balaban J connectivity index is 1.73. The molecule has 2 bridgehead atoms. The standard InChI is InChI=1S/C10H17N3OS/c1-6(14)12-13-10(15)11-9-5-7-2-3-8(9)4-7/h7-9H,2-5H2,1H3,(H,12,14)(H2,11,13,15)/t7-,8+,9-/m1/s1. The molecule has 3 atom stereocenters. The van der Waals surface area contributed by atoms with E-state index < -0.39 is 0 Å². The van der Waals surface area contributed by atoms with E-state index >= 15 is 0 Å². The molecule has 2 saturated carbocycles. The van der Waals surface area contributed by atoms with Gasteiger partial charge in [-0.25, -0.2) is 0 Å². The van der Waals surface area contributed by atoms with Crippen molar-refractivity contribution in [2.75, 3.05) is 0 Å². The first kappa shape index (κ1) is 10.7. The average Bonchev–Trinajstić information content (AvgIpc) is 2.76. The molecule has 2 aliphatic rings. The van der Waals surface area contributed by atoms with Gasteiger partial charge in [-0.2, -0.15) is 0 Å². The fourth-order valence-corrected chi connectivity index (χ4v) is 2.97. The van der Waals surface area contributed by atoms with Crippen LogP contribution in [0.3, 0.4) is 0 Å². The van der Waals surface area contributed by atoms with E-state index in [1.807, 2.05) is 0 Å². The SMILES string of the molecule is CC(=O)NNC(=S)N[C@@H]1C[C@@H]2CC[C@H]1C2. The summed E-state index contributed by atoms with van der Waals surface area (Å²) in [7, 11) is 0. The van der Waals surface area contributed by atoms with Crippen molar-refractivity contribution in [1.29, 1.82) is 0 Å². The molecule has 0 unspecified atom stereocenters. The molecule has 0 aromatic rings. The van der Waals surface area contributed by atoms with Crippen molar-refractivity contribution in [1.82, 2.24) is 16.2 Å². The number of amides is 1. The molecule has 84 valence electrons. The maximum atomic E-state index is 10.7. The van der Waals surface area contributed by atoms with Gasteiger partial charge in [0, 0.05) is 13.0 Å². The minimum atomic E-state index is -0.132. The Morgan fingerprint density at radius 3 is 2.60 bits per heavy atom. The number of rotatable bonds is 1. The van der Waals surface area contributed by atoms with Crippen molar-refractivity contribution >= 4 is 23.2 Å². The van der Waals surface area contributed by atoms with Crippen LogP contribution in [0.5, 0.6) is 0 Å². The lowest BCUT2D eigenvalue weighted by Crippen LogP contribution is -2.50. The smallest absolute Gasteiger partial charge is 0.235 e. The normalized spacial score (nSPS) is 32.5. The topological polar surface area (TPSA) is 53.2 Å². The van der Waals surface area contributed by atoms with Crippen molar-refractivity contribution in [2.45, 2.75) is 38.6 Å². The highest BCUT2D eigenvalue weighted by Gasteiger charge is 2.39. The Labute approximate surface area is 95.2 Å². The molecule has 0 aliphatic heterocycles. The Kier molecular flexibility index (Phi) is 3.09. The van der Waals surface area contributed by atoms with Gasteiger partial charge in [0.05, 0.1) is 0 Å². The summed E-state index contributed by atoms with van der Waals surface area (Å²) in [5, 5.41) is 3.80. The Morgan fingerprint density at radius 1 is 1.27 bits per heavy atom. The van der Waals surface area contributed by atoms with Gasteiger partial charge in [0.2, 0.25) is 5.91 Å². The van der Waals surface area contributed by atoms with Crippen LogP contribution in [0.15, 0.2) is 0 Å². The van der Waals surface area contributed by atoms with Crippen LogP contribution in [0.25, 0.3) is 0 Å². The third-order valence-corrected chi connectivity index (χ3v) is 3.63. The Morgan fingerprint density at radius 2 is 2.07 bits per heavy atom. The number of hydrazine groups is 1. The molecule has 4 nitrogen and oxygen atoms in total. The average molecular weight is 227 g/mol. The van der Waals surface area contributed by atoms with E-state index in [1.165, 1.54) is 32.6 Å². The van der Waals surface area contributed by atoms with Gasteiger partial charge in [-0.15, -0.1) is 0 Å². The quantitative estimate of drug-likeness (QED) is 0.456. The van der Waals surface area contributed by atoms with E-state index in [2.05, 4.69) is 16.2 Å². The Bertz CT molecular complexity index is 282. The summed E-state index contributed by atoms with van der Waals surface area (Å²) in [4.78, 5) is 10.7. The maximum Gasteiger partial charge on any atom is 0.235 e. The zero-order chi connectivity index (χ0) is 10.8. The highest BCUT2D eigenvalue weighted by Crippen LogP contribution is 2.44. The highest BCUT2D eigenvalue weighted by molar-refractivity contribution is 7.80. The second-order valence-corrected chi connectivity index (χ2v) is 4.97. The molecular formula is C10H17N3OS. The predicted octanol–water partition coefficient (Wildman–Crippen LogP) is 0.690. The number of hydrogen-bond donors (Lipinski definition) is 3.